The first kappa shape index (κ1) is 9.80. The van der Waals surface area contributed by atoms with Crippen molar-refractivity contribution in [1.29, 1.82) is 0 Å². The van der Waals surface area contributed by atoms with Crippen molar-refractivity contribution < 1.29 is 14.3 Å². The molecule has 0 saturated heterocycles. The number of aliphatic carboxylic acids is 1. The highest BCUT2D eigenvalue weighted by Crippen LogP contribution is 2.07. The van der Waals surface area contributed by atoms with Gasteiger partial charge >= 0.3 is 5.97 Å². The van der Waals surface area contributed by atoms with Crippen molar-refractivity contribution in [2.75, 3.05) is 6.54 Å². The summed E-state index contributed by atoms with van der Waals surface area (Å²) < 4.78 is 5.36. The van der Waals surface area contributed by atoms with Crippen LogP contribution in [0.2, 0.25) is 0 Å². The van der Waals surface area contributed by atoms with E-state index in [1.807, 2.05) is 19.1 Å². The second kappa shape index (κ2) is 4.67. The molecule has 1 aromatic heterocycles. The van der Waals surface area contributed by atoms with Gasteiger partial charge in [-0.3, -0.25) is 10.1 Å². The van der Waals surface area contributed by atoms with E-state index in [9.17, 15) is 4.79 Å². The summed E-state index contributed by atoms with van der Waals surface area (Å²) in [7, 11) is 0. The monoisotopic (exact) mass is 183 g/mol. The zero-order valence-electron chi connectivity index (χ0n) is 7.54. The van der Waals surface area contributed by atoms with Gasteiger partial charge in [-0.1, -0.05) is 6.92 Å². The Labute approximate surface area is 76.6 Å². The van der Waals surface area contributed by atoms with Gasteiger partial charge in [-0.25, -0.2) is 0 Å². The summed E-state index contributed by atoms with van der Waals surface area (Å²) in [6, 6.07) is 3.76. The smallest absolute Gasteiger partial charge is 0.317 e. The molecule has 0 unspecified atom stereocenters. The van der Waals surface area contributed by atoms with E-state index in [1.165, 1.54) is 0 Å². The van der Waals surface area contributed by atoms with E-state index < -0.39 is 5.97 Å². The molecule has 4 heteroatoms. The number of carboxylic acids is 1. The van der Waals surface area contributed by atoms with Crippen molar-refractivity contribution in [3.8, 4) is 0 Å². The molecular formula is C9H13NO3. The standard InChI is InChI=1S/C9H13NO3/c1-2-7-3-4-8(13-7)5-10-6-9(11)12/h3-4,10H,2,5-6H2,1H3,(H,11,12). The lowest BCUT2D eigenvalue weighted by Crippen LogP contribution is -2.21. The zero-order chi connectivity index (χ0) is 9.68. The van der Waals surface area contributed by atoms with E-state index in [1.54, 1.807) is 0 Å². The molecule has 0 aliphatic rings. The molecule has 2 N–H and O–H groups in total. The van der Waals surface area contributed by atoms with Gasteiger partial charge in [-0.15, -0.1) is 0 Å². The van der Waals surface area contributed by atoms with Gasteiger partial charge in [0.2, 0.25) is 0 Å². The molecular weight excluding hydrogens is 170 g/mol. The third-order valence-electron chi connectivity index (χ3n) is 1.64. The minimum atomic E-state index is -0.859. The van der Waals surface area contributed by atoms with Crippen LogP contribution in [0.15, 0.2) is 16.5 Å². The van der Waals surface area contributed by atoms with E-state index in [0.29, 0.717) is 6.54 Å². The fraction of sp³-hybridized carbons (Fsp3) is 0.444. The Balaban J connectivity index is 2.32. The largest absolute Gasteiger partial charge is 0.480 e. The van der Waals surface area contributed by atoms with Crippen LogP contribution in [-0.2, 0) is 17.8 Å². The first-order valence-corrected chi connectivity index (χ1v) is 4.22. The van der Waals surface area contributed by atoms with Gasteiger partial charge in [0, 0.05) is 6.42 Å². The number of hydrogen-bond donors (Lipinski definition) is 2. The first-order valence-electron chi connectivity index (χ1n) is 4.22. The van der Waals surface area contributed by atoms with Crippen LogP contribution in [0.5, 0.6) is 0 Å². The molecule has 0 aliphatic carbocycles. The number of furan rings is 1. The van der Waals surface area contributed by atoms with Crippen LogP contribution < -0.4 is 5.32 Å². The number of nitrogens with one attached hydrogen (secondary N) is 1. The van der Waals surface area contributed by atoms with Crippen LogP contribution in [-0.4, -0.2) is 17.6 Å². The van der Waals surface area contributed by atoms with E-state index in [2.05, 4.69) is 5.32 Å². The van der Waals surface area contributed by atoms with Gasteiger partial charge in [-0.2, -0.15) is 0 Å². The Morgan fingerprint density at radius 3 is 2.77 bits per heavy atom. The van der Waals surface area contributed by atoms with E-state index in [0.717, 1.165) is 17.9 Å². The molecule has 0 amide bonds. The van der Waals surface area contributed by atoms with Gasteiger partial charge in [0.05, 0.1) is 13.1 Å². The first-order chi connectivity index (χ1) is 6.22. The Morgan fingerprint density at radius 2 is 2.23 bits per heavy atom. The fourth-order valence-electron chi connectivity index (χ4n) is 1.000. The van der Waals surface area contributed by atoms with Gasteiger partial charge in [0.15, 0.2) is 0 Å². The lowest BCUT2D eigenvalue weighted by Gasteiger charge is -1.97. The number of hydrogen-bond acceptors (Lipinski definition) is 3. The van der Waals surface area contributed by atoms with Crippen molar-refractivity contribution in [1.82, 2.24) is 5.32 Å². The van der Waals surface area contributed by atoms with Crippen LogP contribution in [0.3, 0.4) is 0 Å². The van der Waals surface area contributed by atoms with Crippen LogP contribution in [0.1, 0.15) is 18.4 Å². The highest BCUT2D eigenvalue weighted by molar-refractivity contribution is 5.68. The van der Waals surface area contributed by atoms with Gasteiger partial charge in [0.1, 0.15) is 11.5 Å². The predicted molar refractivity (Wildman–Crippen MR) is 47.4 cm³/mol. The number of carboxylic acid groups (broad SMARTS) is 1. The topological polar surface area (TPSA) is 62.5 Å². The van der Waals surface area contributed by atoms with E-state index in [4.69, 9.17) is 9.52 Å². The molecule has 0 bridgehead atoms. The van der Waals surface area contributed by atoms with Crippen LogP contribution >= 0.6 is 0 Å². The summed E-state index contributed by atoms with van der Waals surface area (Å²) in [5, 5.41) is 11.1. The normalized spacial score (nSPS) is 10.2. The van der Waals surface area contributed by atoms with Gasteiger partial charge < -0.3 is 9.52 Å². The maximum Gasteiger partial charge on any atom is 0.317 e. The summed E-state index contributed by atoms with van der Waals surface area (Å²) in [4.78, 5) is 10.2. The summed E-state index contributed by atoms with van der Waals surface area (Å²) in [5.41, 5.74) is 0. The van der Waals surface area contributed by atoms with Crippen molar-refractivity contribution in [2.24, 2.45) is 0 Å². The van der Waals surface area contributed by atoms with Crippen molar-refractivity contribution >= 4 is 5.97 Å². The molecule has 0 spiro atoms. The minimum absolute atomic E-state index is 0.0395. The van der Waals surface area contributed by atoms with E-state index in [-0.39, 0.29) is 6.54 Å². The van der Waals surface area contributed by atoms with Crippen LogP contribution in [0.25, 0.3) is 0 Å². The highest BCUT2D eigenvalue weighted by Gasteiger charge is 2.00. The SMILES string of the molecule is CCc1ccc(CNCC(=O)O)o1. The highest BCUT2D eigenvalue weighted by atomic mass is 16.4. The Kier molecular flexibility index (Phi) is 3.52. The summed E-state index contributed by atoms with van der Waals surface area (Å²) in [6.45, 7) is 2.43. The Morgan fingerprint density at radius 1 is 1.54 bits per heavy atom. The molecule has 0 fully saturated rings. The summed E-state index contributed by atoms with van der Waals surface area (Å²) >= 11 is 0. The molecule has 13 heavy (non-hydrogen) atoms. The second-order valence-corrected chi connectivity index (χ2v) is 2.72. The predicted octanol–water partition coefficient (Wildman–Crippen LogP) is 1.02. The molecule has 1 aromatic rings. The molecule has 72 valence electrons. The number of aryl methyl sites for hydroxylation is 1. The molecule has 0 aromatic carbocycles. The number of rotatable bonds is 5. The minimum Gasteiger partial charge on any atom is -0.480 e. The lowest BCUT2D eigenvalue weighted by molar-refractivity contribution is -0.136. The zero-order valence-corrected chi connectivity index (χ0v) is 7.54. The second-order valence-electron chi connectivity index (χ2n) is 2.72. The van der Waals surface area contributed by atoms with Gasteiger partial charge in [0.25, 0.3) is 0 Å². The van der Waals surface area contributed by atoms with Crippen LogP contribution in [0.4, 0.5) is 0 Å². The average Bonchev–Trinajstić information content (AvgIpc) is 2.52. The average molecular weight is 183 g/mol. The third kappa shape index (κ3) is 3.29. The fourth-order valence-corrected chi connectivity index (χ4v) is 1.000. The molecule has 0 aliphatic heterocycles. The molecule has 0 atom stereocenters. The Hall–Kier alpha value is -1.29. The van der Waals surface area contributed by atoms with Crippen LogP contribution in [0, 0.1) is 0 Å². The lowest BCUT2D eigenvalue weighted by atomic mass is 10.3. The maximum absolute atomic E-state index is 10.2. The molecule has 1 rings (SSSR count). The summed E-state index contributed by atoms with van der Waals surface area (Å²) in [5.74, 6) is 0.840. The molecule has 0 radical (unpaired) electrons. The quantitative estimate of drug-likeness (QED) is 0.715. The summed E-state index contributed by atoms with van der Waals surface area (Å²) in [6.07, 6.45) is 0.860. The Bertz CT molecular complexity index is 280. The van der Waals surface area contributed by atoms with Crippen molar-refractivity contribution in [3.05, 3.63) is 23.7 Å². The van der Waals surface area contributed by atoms with Crippen molar-refractivity contribution in [3.63, 3.8) is 0 Å². The molecule has 4 nitrogen and oxygen atoms in total. The third-order valence-corrected chi connectivity index (χ3v) is 1.64. The van der Waals surface area contributed by atoms with Crippen molar-refractivity contribution in [2.45, 2.75) is 19.9 Å². The molecule has 0 saturated carbocycles. The maximum atomic E-state index is 10.2. The van der Waals surface area contributed by atoms with E-state index >= 15 is 0 Å². The molecule has 1 heterocycles. The number of carbonyl (C=O) groups is 1. The van der Waals surface area contributed by atoms with Gasteiger partial charge in [-0.05, 0) is 12.1 Å².